The van der Waals surface area contributed by atoms with Crippen molar-refractivity contribution in [2.45, 2.75) is 32.2 Å². The summed E-state index contributed by atoms with van der Waals surface area (Å²) >= 11 is 0. The van der Waals surface area contributed by atoms with Gasteiger partial charge in [0.25, 0.3) is 0 Å². The van der Waals surface area contributed by atoms with Gasteiger partial charge in [0.15, 0.2) is 0 Å². The minimum atomic E-state index is 0.286. The molecule has 2 saturated heterocycles. The monoisotopic (exact) mass is 258 g/mol. The summed E-state index contributed by atoms with van der Waals surface area (Å²) in [4.78, 5) is 14.4. The molecule has 2 atom stereocenters. The molecular weight excluding hydrogens is 236 g/mol. The number of fused-ring (bicyclic) bond motifs is 1. The standard InChI is InChI=1S/C16H22N2O/c1-12-2-4-13(5-3-12)10-16(19)18-9-7-15-14(11-18)6-8-17-15/h2-5,14-15,17H,6-11H2,1H3. The molecule has 1 aromatic carbocycles. The average Bonchev–Trinajstić information content (AvgIpc) is 2.88. The normalized spacial score (nSPS) is 26.3. The molecule has 1 aromatic rings. The lowest BCUT2D eigenvalue weighted by atomic mass is 9.93. The van der Waals surface area contributed by atoms with Crippen molar-refractivity contribution in [3.05, 3.63) is 35.4 Å². The number of benzene rings is 1. The highest BCUT2D eigenvalue weighted by atomic mass is 16.2. The number of nitrogens with zero attached hydrogens (tertiary/aromatic N) is 1. The van der Waals surface area contributed by atoms with Gasteiger partial charge in [-0.3, -0.25) is 4.79 Å². The molecule has 0 aliphatic carbocycles. The number of likely N-dealkylation sites (tertiary alicyclic amines) is 1. The molecule has 3 rings (SSSR count). The zero-order valence-corrected chi connectivity index (χ0v) is 11.6. The molecule has 3 nitrogen and oxygen atoms in total. The van der Waals surface area contributed by atoms with Crippen molar-refractivity contribution in [3.8, 4) is 0 Å². The van der Waals surface area contributed by atoms with Crippen LogP contribution in [0, 0.1) is 12.8 Å². The van der Waals surface area contributed by atoms with E-state index in [1.807, 2.05) is 0 Å². The van der Waals surface area contributed by atoms with E-state index >= 15 is 0 Å². The Bertz CT molecular complexity index is 454. The van der Waals surface area contributed by atoms with Crippen LogP contribution in [0.25, 0.3) is 0 Å². The fourth-order valence-corrected chi connectivity index (χ4v) is 3.27. The number of rotatable bonds is 2. The Morgan fingerprint density at radius 1 is 1.32 bits per heavy atom. The van der Waals surface area contributed by atoms with Crippen molar-refractivity contribution in [1.29, 1.82) is 0 Å². The lowest BCUT2D eigenvalue weighted by molar-refractivity contribution is -0.132. The molecule has 2 heterocycles. The third kappa shape index (κ3) is 2.81. The Kier molecular flexibility index (Phi) is 3.56. The molecule has 2 aliphatic heterocycles. The molecule has 102 valence electrons. The third-order valence-corrected chi connectivity index (χ3v) is 4.48. The first-order chi connectivity index (χ1) is 9.22. The SMILES string of the molecule is Cc1ccc(CC(=O)N2CCC3NCCC3C2)cc1. The van der Waals surface area contributed by atoms with E-state index in [2.05, 4.69) is 41.4 Å². The summed E-state index contributed by atoms with van der Waals surface area (Å²) in [6.07, 6.45) is 2.88. The van der Waals surface area contributed by atoms with Gasteiger partial charge in [0.2, 0.25) is 5.91 Å². The molecule has 0 saturated carbocycles. The lowest BCUT2D eigenvalue weighted by Gasteiger charge is -2.35. The van der Waals surface area contributed by atoms with Gasteiger partial charge in [-0.05, 0) is 37.8 Å². The minimum Gasteiger partial charge on any atom is -0.342 e. The molecule has 2 unspecified atom stereocenters. The zero-order chi connectivity index (χ0) is 13.2. The van der Waals surface area contributed by atoms with Gasteiger partial charge < -0.3 is 10.2 Å². The molecule has 0 bridgehead atoms. The number of hydrogen-bond donors (Lipinski definition) is 1. The Balaban J connectivity index is 1.59. The maximum Gasteiger partial charge on any atom is 0.227 e. The number of carbonyl (C=O) groups is 1. The number of hydrogen-bond acceptors (Lipinski definition) is 2. The third-order valence-electron chi connectivity index (χ3n) is 4.48. The largest absolute Gasteiger partial charge is 0.342 e. The van der Waals surface area contributed by atoms with E-state index in [-0.39, 0.29) is 5.91 Å². The summed E-state index contributed by atoms with van der Waals surface area (Å²) in [6, 6.07) is 8.95. The molecule has 0 aromatic heterocycles. The van der Waals surface area contributed by atoms with Crippen molar-refractivity contribution in [2.75, 3.05) is 19.6 Å². The summed E-state index contributed by atoms with van der Waals surface area (Å²) in [5, 5.41) is 3.54. The van der Waals surface area contributed by atoms with Crippen LogP contribution < -0.4 is 5.32 Å². The summed E-state index contributed by atoms with van der Waals surface area (Å²) < 4.78 is 0. The minimum absolute atomic E-state index is 0.286. The predicted octanol–water partition coefficient (Wildman–Crippen LogP) is 1.75. The van der Waals surface area contributed by atoms with Crippen LogP contribution in [0.2, 0.25) is 0 Å². The van der Waals surface area contributed by atoms with E-state index in [0.29, 0.717) is 18.4 Å². The molecular formula is C16H22N2O. The molecule has 0 radical (unpaired) electrons. The Morgan fingerprint density at radius 2 is 2.11 bits per heavy atom. The summed E-state index contributed by atoms with van der Waals surface area (Å²) in [7, 11) is 0. The van der Waals surface area contributed by atoms with E-state index in [1.165, 1.54) is 12.0 Å². The smallest absolute Gasteiger partial charge is 0.227 e. The van der Waals surface area contributed by atoms with Gasteiger partial charge in [-0.15, -0.1) is 0 Å². The van der Waals surface area contributed by atoms with Crippen molar-refractivity contribution in [1.82, 2.24) is 10.2 Å². The summed E-state index contributed by atoms with van der Waals surface area (Å²) in [5.41, 5.74) is 2.37. The van der Waals surface area contributed by atoms with Crippen LogP contribution in [0.5, 0.6) is 0 Å². The summed E-state index contributed by atoms with van der Waals surface area (Å²) in [5.74, 6) is 0.963. The van der Waals surface area contributed by atoms with Crippen LogP contribution in [-0.2, 0) is 11.2 Å². The number of piperidine rings is 1. The Labute approximate surface area is 115 Å². The van der Waals surface area contributed by atoms with Crippen LogP contribution in [0.4, 0.5) is 0 Å². The highest BCUT2D eigenvalue weighted by molar-refractivity contribution is 5.78. The van der Waals surface area contributed by atoms with E-state index in [1.54, 1.807) is 0 Å². The second-order valence-electron chi connectivity index (χ2n) is 5.90. The first-order valence-electron chi connectivity index (χ1n) is 7.29. The molecule has 1 amide bonds. The van der Waals surface area contributed by atoms with Crippen molar-refractivity contribution >= 4 is 5.91 Å². The number of nitrogens with one attached hydrogen (secondary N) is 1. The molecule has 3 heteroatoms. The van der Waals surface area contributed by atoms with Crippen LogP contribution in [0.3, 0.4) is 0 Å². The van der Waals surface area contributed by atoms with E-state index < -0.39 is 0 Å². The first kappa shape index (κ1) is 12.7. The average molecular weight is 258 g/mol. The number of aryl methyl sites for hydroxylation is 1. The van der Waals surface area contributed by atoms with E-state index in [9.17, 15) is 4.79 Å². The topological polar surface area (TPSA) is 32.3 Å². The van der Waals surface area contributed by atoms with Crippen molar-refractivity contribution in [3.63, 3.8) is 0 Å². The Hall–Kier alpha value is -1.35. The second-order valence-corrected chi connectivity index (χ2v) is 5.90. The second kappa shape index (κ2) is 5.33. The molecule has 0 spiro atoms. The number of carbonyl (C=O) groups excluding carboxylic acids is 1. The molecule has 19 heavy (non-hydrogen) atoms. The highest BCUT2D eigenvalue weighted by Crippen LogP contribution is 2.24. The van der Waals surface area contributed by atoms with Gasteiger partial charge in [-0.1, -0.05) is 29.8 Å². The summed E-state index contributed by atoms with van der Waals surface area (Å²) in [6.45, 7) is 5.06. The van der Waals surface area contributed by atoms with Crippen LogP contribution in [-0.4, -0.2) is 36.5 Å². The van der Waals surface area contributed by atoms with E-state index in [0.717, 1.165) is 31.6 Å². The maximum absolute atomic E-state index is 12.3. The zero-order valence-electron chi connectivity index (χ0n) is 11.6. The molecule has 2 aliphatic rings. The van der Waals surface area contributed by atoms with Crippen LogP contribution in [0.1, 0.15) is 24.0 Å². The lowest BCUT2D eigenvalue weighted by Crippen LogP contribution is -2.47. The quantitative estimate of drug-likeness (QED) is 0.876. The number of amides is 1. The predicted molar refractivity (Wildman–Crippen MR) is 76.0 cm³/mol. The van der Waals surface area contributed by atoms with Crippen LogP contribution in [0.15, 0.2) is 24.3 Å². The first-order valence-corrected chi connectivity index (χ1v) is 7.29. The maximum atomic E-state index is 12.3. The molecule has 1 N–H and O–H groups in total. The fraction of sp³-hybridized carbons (Fsp3) is 0.562. The van der Waals surface area contributed by atoms with Gasteiger partial charge in [0, 0.05) is 19.1 Å². The van der Waals surface area contributed by atoms with E-state index in [4.69, 9.17) is 0 Å². The van der Waals surface area contributed by atoms with Gasteiger partial charge >= 0.3 is 0 Å². The van der Waals surface area contributed by atoms with Crippen molar-refractivity contribution < 1.29 is 4.79 Å². The van der Waals surface area contributed by atoms with Crippen molar-refractivity contribution in [2.24, 2.45) is 5.92 Å². The van der Waals surface area contributed by atoms with Gasteiger partial charge in [-0.25, -0.2) is 0 Å². The Morgan fingerprint density at radius 3 is 2.89 bits per heavy atom. The van der Waals surface area contributed by atoms with Crippen LogP contribution >= 0.6 is 0 Å². The highest BCUT2D eigenvalue weighted by Gasteiger charge is 2.34. The fourth-order valence-electron chi connectivity index (χ4n) is 3.27. The molecule has 2 fully saturated rings. The van der Waals surface area contributed by atoms with Gasteiger partial charge in [0.1, 0.15) is 0 Å². The van der Waals surface area contributed by atoms with Gasteiger partial charge in [0.05, 0.1) is 6.42 Å². The van der Waals surface area contributed by atoms with Gasteiger partial charge in [-0.2, -0.15) is 0 Å².